The minimum atomic E-state index is -0.814. The number of aromatic nitrogens is 4. The summed E-state index contributed by atoms with van der Waals surface area (Å²) in [4.78, 5) is 10.7. The molecule has 12 heavy (non-hydrogen) atoms. The second-order valence-corrected chi connectivity index (χ2v) is 2.31. The lowest BCUT2D eigenvalue weighted by Gasteiger charge is -1.98. The third-order valence-electron chi connectivity index (χ3n) is 1.18. The number of ketones is 1. The van der Waals surface area contributed by atoms with E-state index in [1.807, 2.05) is 0 Å². The van der Waals surface area contributed by atoms with Crippen molar-refractivity contribution < 1.29 is 9.90 Å². The van der Waals surface area contributed by atoms with Gasteiger partial charge in [-0.05, 0) is 6.92 Å². The van der Waals surface area contributed by atoms with E-state index < -0.39 is 6.10 Å². The lowest BCUT2D eigenvalue weighted by atomic mass is 10.4. The van der Waals surface area contributed by atoms with Gasteiger partial charge in [0.05, 0.1) is 0 Å². The molecule has 1 N–H and O–H groups in total. The van der Waals surface area contributed by atoms with E-state index >= 15 is 0 Å². The Morgan fingerprint density at radius 2 is 1.83 bits per heavy atom. The highest BCUT2D eigenvalue weighted by Crippen LogP contribution is 2.00. The van der Waals surface area contributed by atoms with Crippen molar-refractivity contribution in [3.05, 3.63) is 11.6 Å². The van der Waals surface area contributed by atoms with E-state index in [9.17, 15) is 4.79 Å². The molecule has 6 nitrogen and oxygen atoms in total. The Balaban J connectivity index is 2.93. The quantitative estimate of drug-likeness (QED) is 0.600. The Morgan fingerprint density at radius 1 is 1.33 bits per heavy atom. The summed E-state index contributed by atoms with van der Waals surface area (Å²) in [6.45, 7) is 2.81. The van der Waals surface area contributed by atoms with Crippen molar-refractivity contribution in [1.29, 1.82) is 0 Å². The zero-order valence-corrected chi connectivity index (χ0v) is 6.72. The maximum atomic E-state index is 10.7. The maximum Gasteiger partial charge on any atom is 0.238 e. The van der Waals surface area contributed by atoms with Crippen LogP contribution in [0.5, 0.6) is 0 Å². The summed E-state index contributed by atoms with van der Waals surface area (Å²) in [5.41, 5.74) is 0. The summed E-state index contributed by atoms with van der Waals surface area (Å²) < 4.78 is 0. The Morgan fingerprint density at radius 3 is 2.17 bits per heavy atom. The van der Waals surface area contributed by atoms with Crippen molar-refractivity contribution in [2.75, 3.05) is 0 Å². The van der Waals surface area contributed by atoms with Gasteiger partial charge in [0.2, 0.25) is 17.4 Å². The molecule has 0 radical (unpaired) electrons. The van der Waals surface area contributed by atoms with Crippen LogP contribution in [0, 0.1) is 0 Å². The van der Waals surface area contributed by atoms with Crippen LogP contribution in [0.3, 0.4) is 0 Å². The zero-order valence-electron chi connectivity index (χ0n) is 6.72. The first-order valence-electron chi connectivity index (χ1n) is 3.37. The van der Waals surface area contributed by atoms with E-state index in [1.165, 1.54) is 13.8 Å². The normalized spacial score (nSPS) is 12.6. The lowest BCUT2D eigenvalue weighted by molar-refractivity contribution is 0.0999. The summed E-state index contributed by atoms with van der Waals surface area (Å²) >= 11 is 0. The monoisotopic (exact) mass is 168 g/mol. The first-order valence-corrected chi connectivity index (χ1v) is 3.37. The van der Waals surface area contributed by atoms with Crippen LogP contribution in [0.25, 0.3) is 0 Å². The number of carbonyl (C=O) groups excluding carboxylic acids is 1. The fraction of sp³-hybridized carbons (Fsp3) is 0.500. The Bertz CT molecular complexity index is 282. The number of aliphatic hydroxyl groups is 1. The predicted octanol–water partition coefficient (Wildman–Crippen LogP) is -0.477. The molecule has 0 bridgehead atoms. The molecular formula is C6H8N4O2. The van der Waals surface area contributed by atoms with Gasteiger partial charge < -0.3 is 5.11 Å². The molecule has 0 aromatic carbocycles. The average Bonchev–Trinajstić information content (AvgIpc) is 2.04. The van der Waals surface area contributed by atoms with Gasteiger partial charge in [-0.1, -0.05) is 0 Å². The molecule has 0 saturated heterocycles. The first-order chi connectivity index (χ1) is 5.61. The van der Waals surface area contributed by atoms with Crippen LogP contribution in [0.15, 0.2) is 0 Å². The average molecular weight is 168 g/mol. The molecule has 6 heteroatoms. The van der Waals surface area contributed by atoms with Crippen LogP contribution in [0.4, 0.5) is 0 Å². The third-order valence-corrected chi connectivity index (χ3v) is 1.18. The fourth-order valence-electron chi connectivity index (χ4n) is 0.545. The lowest BCUT2D eigenvalue weighted by Crippen LogP contribution is -2.10. The number of hydrogen-bond acceptors (Lipinski definition) is 6. The molecule has 0 fully saturated rings. The molecule has 1 unspecified atom stereocenters. The Hall–Kier alpha value is -1.43. The molecule has 0 aliphatic rings. The van der Waals surface area contributed by atoms with Crippen molar-refractivity contribution in [2.24, 2.45) is 0 Å². The highest BCUT2D eigenvalue weighted by atomic mass is 16.3. The highest BCUT2D eigenvalue weighted by molar-refractivity contribution is 5.89. The minimum Gasteiger partial charge on any atom is -0.385 e. The summed E-state index contributed by atoms with van der Waals surface area (Å²) in [5.74, 6) is -0.230. The predicted molar refractivity (Wildman–Crippen MR) is 38.3 cm³/mol. The van der Waals surface area contributed by atoms with Crippen molar-refractivity contribution in [1.82, 2.24) is 20.4 Å². The SMILES string of the molecule is CC(=O)c1nnc(C(C)O)nn1. The summed E-state index contributed by atoms with van der Waals surface area (Å²) in [6, 6.07) is 0. The van der Waals surface area contributed by atoms with Gasteiger partial charge in [0.25, 0.3) is 0 Å². The standard InChI is InChI=1S/C6H8N4O2/c1-3(11)5-7-9-6(4(2)12)10-8-5/h3,11H,1-2H3. The molecule has 0 aliphatic carbocycles. The van der Waals surface area contributed by atoms with E-state index in [0.29, 0.717) is 0 Å². The van der Waals surface area contributed by atoms with Gasteiger partial charge in [-0.15, -0.1) is 20.4 Å². The fourth-order valence-corrected chi connectivity index (χ4v) is 0.545. The molecule has 1 aromatic rings. The van der Waals surface area contributed by atoms with Crippen LogP contribution in [-0.2, 0) is 0 Å². The summed E-state index contributed by atoms with van der Waals surface area (Å²) in [6.07, 6.45) is -0.814. The van der Waals surface area contributed by atoms with E-state index in [-0.39, 0.29) is 17.4 Å². The molecule has 1 aromatic heterocycles. The first kappa shape index (κ1) is 8.66. The molecule has 1 rings (SSSR count). The van der Waals surface area contributed by atoms with Gasteiger partial charge in [0.15, 0.2) is 0 Å². The van der Waals surface area contributed by atoms with Gasteiger partial charge in [-0.2, -0.15) is 0 Å². The zero-order chi connectivity index (χ0) is 9.14. The second kappa shape index (κ2) is 3.31. The minimum absolute atomic E-state index is 0.0422. The molecule has 1 heterocycles. The van der Waals surface area contributed by atoms with Crippen LogP contribution < -0.4 is 0 Å². The molecule has 0 amide bonds. The van der Waals surface area contributed by atoms with Crippen molar-refractivity contribution in [3.8, 4) is 0 Å². The van der Waals surface area contributed by atoms with E-state index in [0.717, 1.165) is 0 Å². The van der Waals surface area contributed by atoms with Gasteiger partial charge in [-0.25, -0.2) is 0 Å². The van der Waals surface area contributed by atoms with Crippen molar-refractivity contribution in [2.45, 2.75) is 20.0 Å². The van der Waals surface area contributed by atoms with Gasteiger partial charge in [0, 0.05) is 6.92 Å². The maximum absolute atomic E-state index is 10.7. The number of Topliss-reactive ketones (excluding diaryl/α,β-unsaturated/α-hetero) is 1. The molecule has 0 spiro atoms. The number of aliphatic hydroxyl groups excluding tert-OH is 1. The second-order valence-electron chi connectivity index (χ2n) is 2.31. The molecule has 0 saturated carbocycles. The number of nitrogens with zero attached hydrogens (tertiary/aromatic N) is 4. The summed E-state index contributed by atoms with van der Waals surface area (Å²) in [5, 5.41) is 22.9. The molecule has 0 aliphatic heterocycles. The highest BCUT2D eigenvalue weighted by Gasteiger charge is 2.08. The number of hydrogen-bond donors (Lipinski definition) is 1. The smallest absolute Gasteiger partial charge is 0.238 e. The van der Waals surface area contributed by atoms with E-state index in [2.05, 4.69) is 20.4 Å². The third kappa shape index (κ3) is 1.79. The van der Waals surface area contributed by atoms with Crippen LogP contribution >= 0.6 is 0 Å². The van der Waals surface area contributed by atoms with Gasteiger partial charge in [0.1, 0.15) is 6.10 Å². The molecular weight excluding hydrogens is 160 g/mol. The van der Waals surface area contributed by atoms with Crippen LogP contribution in [0.1, 0.15) is 36.4 Å². The van der Waals surface area contributed by atoms with E-state index in [4.69, 9.17) is 5.11 Å². The molecule has 64 valence electrons. The van der Waals surface area contributed by atoms with Crippen LogP contribution in [0.2, 0.25) is 0 Å². The Kier molecular flexibility index (Phi) is 2.39. The topological polar surface area (TPSA) is 88.9 Å². The van der Waals surface area contributed by atoms with Gasteiger partial charge in [-0.3, -0.25) is 4.79 Å². The van der Waals surface area contributed by atoms with E-state index in [1.54, 1.807) is 0 Å². The summed E-state index contributed by atoms with van der Waals surface area (Å²) in [7, 11) is 0. The number of carbonyl (C=O) groups is 1. The van der Waals surface area contributed by atoms with Crippen molar-refractivity contribution in [3.63, 3.8) is 0 Å². The molecule has 1 atom stereocenters. The largest absolute Gasteiger partial charge is 0.385 e. The number of rotatable bonds is 2. The van der Waals surface area contributed by atoms with Gasteiger partial charge >= 0.3 is 0 Å². The Labute approximate surface area is 68.7 Å². The van der Waals surface area contributed by atoms with Crippen molar-refractivity contribution >= 4 is 5.78 Å². The van der Waals surface area contributed by atoms with Crippen LogP contribution in [-0.4, -0.2) is 31.3 Å².